The molecule has 1 rings (SSSR count). The maximum atomic E-state index is 6.33. The van der Waals surface area contributed by atoms with Crippen molar-refractivity contribution in [2.45, 2.75) is 58.4 Å². The van der Waals surface area contributed by atoms with Crippen LogP contribution in [0, 0.1) is 6.92 Å². The maximum Gasteiger partial charge on any atom is 0.0483 e. The van der Waals surface area contributed by atoms with E-state index >= 15 is 0 Å². The van der Waals surface area contributed by atoms with Crippen LogP contribution in [0.1, 0.15) is 62.6 Å². The van der Waals surface area contributed by atoms with E-state index in [4.69, 9.17) is 17.4 Å². The van der Waals surface area contributed by atoms with Crippen LogP contribution in [0.3, 0.4) is 0 Å². The normalized spacial score (nSPS) is 12.7. The molecule has 0 aliphatic rings. The Labute approximate surface area is 116 Å². The lowest BCUT2D eigenvalue weighted by molar-refractivity contribution is 0.479. The Balaban J connectivity index is 2.52. The lowest BCUT2D eigenvalue weighted by atomic mass is 9.99. The van der Waals surface area contributed by atoms with Gasteiger partial charge in [0.1, 0.15) is 0 Å². The monoisotopic (exact) mass is 268 g/mol. The maximum absolute atomic E-state index is 6.33. The fourth-order valence-corrected chi connectivity index (χ4v) is 2.48. The van der Waals surface area contributed by atoms with E-state index in [9.17, 15) is 0 Å². The topological polar surface area (TPSA) is 38.0 Å². The first kappa shape index (κ1) is 15.5. The molecule has 1 aromatic carbocycles. The van der Waals surface area contributed by atoms with Gasteiger partial charge in [-0.15, -0.1) is 0 Å². The van der Waals surface area contributed by atoms with Crippen LogP contribution in [0.15, 0.2) is 18.2 Å². The van der Waals surface area contributed by atoms with Gasteiger partial charge in [0.2, 0.25) is 0 Å². The van der Waals surface area contributed by atoms with Crippen molar-refractivity contribution in [3.05, 3.63) is 34.3 Å². The second-order valence-electron chi connectivity index (χ2n) is 4.90. The van der Waals surface area contributed by atoms with Gasteiger partial charge >= 0.3 is 0 Å². The summed E-state index contributed by atoms with van der Waals surface area (Å²) in [4.78, 5) is 0. The number of benzene rings is 1. The molecule has 0 bridgehead atoms. The average Bonchev–Trinajstić information content (AvgIpc) is 2.38. The molecule has 1 aromatic rings. The molecule has 102 valence electrons. The lowest BCUT2D eigenvalue weighted by Crippen LogP contribution is -2.28. The number of unbranched alkanes of at least 4 members (excludes halogenated alkanes) is 4. The van der Waals surface area contributed by atoms with Gasteiger partial charge in [-0.3, -0.25) is 11.3 Å². The number of rotatable bonds is 8. The third kappa shape index (κ3) is 4.60. The fourth-order valence-electron chi connectivity index (χ4n) is 2.22. The Morgan fingerprint density at radius 3 is 2.61 bits per heavy atom. The minimum atomic E-state index is 0.166. The molecule has 1 atom stereocenters. The predicted octanol–water partition coefficient (Wildman–Crippen LogP) is 4.51. The van der Waals surface area contributed by atoms with E-state index in [-0.39, 0.29) is 6.04 Å². The smallest absolute Gasteiger partial charge is 0.0483 e. The molecule has 0 saturated heterocycles. The first-order valence-electron chi connectivity index (χ1n) is 6.91. The van der Waals surface area contributed by atoms with Gasteiger partial charge < -0.3 is 0 Å². The fraction of sp³-hybridized carbons (Fsp3) is 0.600. The van der Waals surface area contributed by atoms with E-state index in [1.807, 2.05) is 19.1 Å². The highest BCUT2D eigenvalue weighted by Crippen LogP contribution is 2.28. The molecule has 0 heterocycles. The molecule has 3 heteroatoms. The van der Waals surface area contributed by atoms with E-state index in [1.54, 1.807) is 0 Å². The van der Waals surface area contributed by atoms with Gasteiger partial charge in [0, 0.05) is 11.1 Å². The van der Waals surface area contributed by atoms with Crippen molar-refractivity contribution in [2.24, 2.45) is 5.84 Å². The van der Waals surface area contributed by atoms with E-state index in [1.165, 1.54) is 32.1 Å². The van der Waals surface area contributed by atoms with Crippen LogP contribution in [0.4, 0.5) is 0 Å². The zero-order valence-corrected chi connectivity index (χ0v) is 12.3. The van der Waals surface area contributed by atoms with Gasteiger partial charge in [0.25, 0.3) is 0 Å². The third-order valence-electron chi connectivity index (χ3n) is 3.39. The quantitative estimate of drug-likeness (QED) is 0.413. The molecule has 0 aromatic heterocycles. The van der Waals surface area contributed by atoms with Gasteiger partial charge in [0.15, 0.2) is 0 Å². The molecule has 0 radical (unpaired) electrons. The highest BCUT2D eigenvalue weighted by atomic mass is 35.5. The van der Waals surface area contributed by atoms with Crippen molar-refractivity contribution in [3.63, 3.8) is 0 Å². The molecule has 1 unspecified atom stereocenters. The van der Waals surface area contributed by atoms with Crippen LogP contribution in [0.2, 0.25) is 5.02 Å². The van der Waals surface area contributed by atoms with E-state index in [0.29, 0.717) is 0 Å². The molecule has 2 nitrogen and oxygen atoms in total. The second-order valence-corrected chi connectivity index (χ2v) is 5.28. The van der Waals surface area contributed by atoms with Crippen LogP contribution >= 0.6 is 11.6 Å². The lowest BCUT2D eigenvalue weighted by Gasteiger charge is -2.18. The van der Waals surface area contributed by atoms with Crippen LogP contribution in [0.25, 0.3) is 0 Å². The number of nitrogens with two attached hydrogens (primary N) is 1. The first-order chi connectivity index (χ1) is 8.70. The highest BCUT2D eigenvalue weighted by molar-refractivity contribution is 6.32. The summed E-state index contributed by atoms with van der Waals surface area (Å²) in [6.45, 7) is 4.26. The standard InChI is InChI=1S/C15H25ClN2/c1-3-4-5-6-7-11-14(18-17)13-10-8-9-12(2)15(13)16/h8-10,14,18H,3-7,11,17H2,1-2H3. The molecule has 18 heavy (non-hydrogen) atoms. The van der Waals surface area contributed by atoms with E-state index in [0.717, 1.165) is 22.6 Å². The highest BCUT2D eigenvalue weighted by Gasteiger charge is 2.13. The molecule has 0 fully saturated rings. The number of hydrogen-bond acceptors (Lipinski definition) is 2. The van der Waals surface area contributed by atoms with Gasteiger partial charge in [-0.2, -0.15) is 0 Å². The Morgan fingerprint density at radius 2 is 1.94 bits per heavy atom. The zero-order chi connectivity index (χ0) is 13.4. The Morgan fingerprint density at radius 1 is 1.22 bits per heavy atom. The van der Waals surface area contributed by atoms with Gasteiger partial charge in [0.05, 0.1) is 0 Å². The molecule has 0 amide bonds. The number of halogens is 1. The minimum Gasteiger partial charge on any atom is -0.271 e. The summed E-state index contributed by atoms with van der Waals surface area (Å²) in [6, 6.07) is 6.30. The van der Waals surface area contributed by atoms with Crippen LogP contribution in [-0.4, -0.2) is 0 Å². The molecular formula is C15H25ClN2. The predicted molar refractivity (Wildman–Crippen MR) is 79.6 cm³/mol. The zero-order valence-electron chi connectivity index (χ0n) is 11.5. The van der Waals surface area contributed by atoms with Crippen LogP contribution < -0.4 is 11.3 Å². The summed E-state index contributed by atoms with van der Waals surface area (Å²) in [5.41, 5.74) is 5.12. The van der Waals surface area contributed by atoms with Gasteiger partial charge in [-0.1, -0.05) is 68.8 Å². The Kier molecular flexibility index (Phi) is 7.33. The number of hydrogen-bond donors (Lipinski definition) is 2. The molecule has 0 aliphatic carbocycles. The average molecular weight is 269 g/mol. The first-order valence-corrected chi connectivity index (χ1v) is 7.29. The van der Waals surface area contributed by atoms with Crippen molar-refractivity contribution in [3.8, 4) is 0 Å². The van der Waals surface area contributed by atoms with Crippen molar-refractivity contribution in [1.82, 2.24) is 5.43 Å². The molecular weight excluding hydrogens is 244 g/mol. The van der Waals surface area contributed by atoms with Crippen LogP contribution in [0.5, 0.6) is 0 Å². The van der Waals surface area contributed by atoms with Gasteiger partial charge in [-0.25, -0.2) is 0 Å². The van der Waals surface area contributed by atoms with Crippen molar-refractivity contribution in [1.29, 1.82) is 0 Å². The largest absolute Gasteiger partial charge is 0.271 e. The minimum absolute atomic E-state index is 0.166. The van der Waals surface area contributed by atoms with E-state index in [2.05, 4.69) is 18.4 Å². The molecule has 0 saturated carbocycles. The third-order valence-corrected chi connectivity index (χ3v) is 3.91. The van der Waals surface area contributed by atoms with Crippen molar-refractivity contribution < 1.29 is 0 Å². The summed E-state index contributed by atoms with van der Waals surface area (Å²) in [5.74, 6) is 5.66. The summed E-state index contributed by atoms with van der Waals surface area (Å²) in [5, 5.41) is 0.842. The Bertz CT molecular complexity index is 352. The molecule has 3 N–H and O–H groups in total. The second kappa shape index (κ2) is 8.52. The number of aryl methyl sites for hydroxylation is 1. The van der Waals surface area contributed by atoms with Crippen LogP contribution in [-0.2, 0) is 0 Å². The summed E-state index contributed by atoms with van der Waals surface area (Å²) < 4.78 is 0. The van der Waals surface area contributed by atoms with Gasteiger partial charge in [-0.05, 0) is 24.5 Å². The SMILES string of the molecule is CCCCCCCC(NN)c1cccc(C)c1Cl. The summed E-state index contributed by atoms with van der Waals surface area (Å²) in [7, 11) is 0. The molecule has 0 aliphatic heterocycles. The summed E-state index contributed by atoms with van der Waals surface area (Å²) >= 11 is 6.33. The molecule has 0 spiro atoms. The number of nitrogens with one attached hydrogen (secondary N) is 1. The summed E-state index contributed by atoms with van der Waals surface area (Å²) in [6.07, 6.45) is 7.43. The Hall–Kier alpha value is -0.570. The number of hydrazine groups is 1. The van der Waals surface area contributed by atoms with Crippen molar-refractivity contribution in [2.75, 3.05) is 0 Å². The van der Waals surface area contributed by atoms with E-state index < -0.39 is 0 Å². The van der Waals surface area contributed by atoms with Crippen molar-refractivity contribution >= 4 is 11.6 Å².